The van der Waals surface area contributed by atoms with E-state index in [1.807, 2.05) is 18.2 Å². The van der Waals surface area contributed by atoms with Crippen LogP contribution >= 0.6 is 11.6 Å². The zero-order valence-electron chi connectivity index (χ0n) is 18.8. The summed E-state index contributed by atoms with van der Waals surface area (Å²) in [6, 6.07) is 17.7. The Morgan fingerprint density at radius 3 is 2.31 bits per heavy atom. The fourth-order valence-corrected chi connectivity index (χ4v) is 2.73. The minimum atomic E-state index is -0.717. The zero-order valence-corrected chi connectivity index (χ0v) is 19.6. The first-order valence-corrected chi connectivity index (χ1v) is 10.4. The van der Waals surface area contributed by atoms with Gasteiger partial charge in [0.05, 0.1) is 22.1 Å². The molecule has 0 aliphatic rings. The maximum Gasteiger partial charge on any atom is 0.301 e. The average Bonchev–Trinajstić information content (AvgIpc) is 2.84. The normalized spacial score (nSPS) is 10.1. The third-order valence-electron chi connectivity index (χ3n) is 4.25. The van der Waals surface area contributed by atoms with E-state index < -0.39 is 15.5 Å². The lowest BCUT2D eigenvalue weighted by molar-refractivity contribution is -0.393. The molecule has 1 N–H and O–H groups in total. The fraction of sp³-hybridized carbons (Fsp3) is 0.130. The van der Waals surface area contributed by atoms with Gasteiger partial charge in [-0.2, -0.15) is 5.10 Å². The lowest BCUT2D eigenvalue weighted by Crippen LogP contribution is -2.06. The van der Waals surface area contributed by atoms with Crippen LogP contribution in [0.25, 0.3) is 0 Å². The van der Waals surface area contributed by atoms with E-state index in [9.17, 15) is 25.0 Å². The van der Waals surface area contributed by atoms with Crippen LogP contribution in [-0.2, 0) is 11.4 Å². The SMILES string of the molecule is CN(C)C=O.O=[N+]([O-])c1ccc(N/N=C/c2ccccc2OCc2ccccc2Cl)c([N+](=O)[O-])c1. The van der Waals surface area contributed by atoms with Gasteiger partial charge in [-0.1, -0.05) is 41.9 Å². The van der Waals surface area contributed by atoms with Crippen LogP contribution in [0.3, 0.4) is 0 Å². The van der Waals surface area contributed by atoms with Gasteiger partial charge in [-0.05, 0) is 24.3 Å². The van der Waals surface area contributed by atoms with Gasteiger partial charge in [0.25, 0.3) is 5.69 Å². The molecule has 3 aromatic rings. The third kappa shape index (κ3) is 8.41. The Labute approximate surface area is 205 Å². The van der Waals surface area contributed by atoms with Crippen LogP contribution in [0, 0.1) is 20.2 Å². The van der Waals surface area contributed by atoms with Crippen molar-refractivity contribution in [3.05, 3.63) is 103 Å². The van der Waals surface area contributed by atoms with E-state index in [0.29, 0.717) is 16.3 Å². The van der Waals surface area contributed by atoms with Crippen molar-refractivity contribution >= 4 is 41.3 Å². The number of ether oxygens (including phenoxy) is 1. The summed E-state index contributed by atoms with van der Waals surface area (Å²) in [5.74, 6) is 0.543. The number of rotatable bonds is 9. The van der Waals surface area contributed by atoms with E-state index in [2.05, 4.69) is 10.5 Å². The molecule has 0 saturated heterocycles. The topological polar surface area (TPSA) is 140 Å². The first kappa shape index (κ1) is 26.7. The Hall–Kier alpha value is -4.51. The standard InChI is InChI=1S/C20H15ClN4O5.C3H7NO/c21-17-7-3-1-6-15(17)13-30-20-8-4-2-5-14(20)12-22-23-18-10-9-16(24(26)27)11-19(18)25(28)29;1-4(2)3-5/h1-12,23H,13H2;3H,1-2H3/b22-12+;. The molecule has 0 fully saturated rings. The van der Waals surface area contributed by atoms with E-state index in [1.54, 1.807) is 44.4 Å². The summed E-state index contributed by atoms with van der Waals surface area (Å²) in [6.45, 7) is 0.256. The largest absolute Gasteiger partial charge is 0.488 e. The number of nitrogens with zero attached hydrogens (tertiary/aromatic N) is 4. The average molecular weight is 500 g/mol. The van der Waals surface area contributed by atoms with E-state index in [-0.39, 0.29) is 18.0 Å². The maximum absolute atomic E-state index is 11.2. The molecule has 0 saturated carbocycles. The van der Waals surface area contributed by atoms with Crippen molar-refractivity contribution in [2.45, 2.75) is 6.61 Å². The van der Waals surface area contributed by atoms with Gasteiger partial charge in [0.15, 0.2) is 0 Å². The maximum atomic E-state index is 11.2. The molecule has 0 unspecified atom stereocenters. The van der Waals surface area contributed by atoms with Crippen LogP contribution in [-0.4, -0.2) is 41.5 Å². The number of amides is 1. The molecule has 3 rings (SSSR count). The molecule has 1 amide bonds. The minimum Gasteiger partial charge on any atom is -0.488 e. The molecule has 0 atom stereocenters. The van der Waals surface area contributed by atoms with Crippen LogP contribution < -0.4 is 10.2 Å². The van der Waals surface area contributed by atoms with Gasteiger partial charge < -0.3 is 9.64 Å². The summed E-state index contributed by atoms with van der Waals surface area (Å²) < 4.78 is 5.82. The number of para-hydroxylation sites is 1. The van der Waals surface area contributed by atoms with Crippen molar-refractivity contribution in [3.8, 4) is 5.75 Å². The Kier molecular flexibility index (Phi) is 10.1. The highest BCUT2D eigenvalue weighted by molar-refractivity contribution is 6.31. The van der Waals surface area contributed by atoms with Crippen molar-refractivity contribution in [3.63, 3.8) is 0 Å². The second-order valence-electron chi connectivity index (χ2n) is 7.07. The number of benzene rings is 3. The molecule has 182 valence electrons. The number of hydrogen-bond acceptors (Lipinski definition) is 8. The monoisotopic (exact) mass is 499 g/mol. The lowest BCUT2D eigenvalue weighted by atomic mass is 10.2. The van der Waals surface area contributed by atoms with Crippen molar-refractivity contribution in [2.75, 3.05) is 19.5 Å². The predicted octanol–water partition coefficient (Wildman–Crippen LogP) is 4.89. The molecule has 0 aromatic heterocycles. The van der Waals surface area contributed by atoms with Gasteiger partial charge in [0.1, 0.15) is 18.0 Å². The van der Waals surface area contributed by atoms with Crippen molar-refractivity contribution < 1.29 is 19.4 Å². The number of hydrazone groups is 1. The second kappa shape index (κ2) is 13.3. The molecule has 35 heavy (non-hydrogen) atoms. The summed E-state index contributed by atoms with van der Waals surface area (Å²) in [4.78, 5) is 31.5. The summed E-state index contributed by atoms with van der Waals surface area (Å²) in [6.07, 6.45) is 2.19. The second-order valence-corrected chi connectivity index (χ2v) is 7.48. The molecule has 0 aliphatic carbocycles. The number of nitro groups is 2. The number of halogens is 1. The number of carbonyl (C=O) groups is 1. The van der Waals surface area contributed by atoms with E-state index in [1.165, 1.54) is 17.2 Å². The number of non-ortho nitro benzene ring substituents is 1. The minimum absolute atomic E-state index is 0.0244. The highest BCUT2D eigenvalue weighted by Gasteiger charge is 2.19. The summed E-state index contributed by atoms with van der Waals surface area (Å²) in [7, 11) is 3.38. The van der Waals surface area contributed by atoms with Crippen molar-refractivity contribution in [2.24, 2.45) is 5.10 Å². The number of nitrogens with one attached hydrogen (secondary N) is 1. The molecule has 11 nitrogen and oxygen atoms in total. The van der Waals surface area contributed by atoms with E-state index >= 15 is 0 Å². The van der Waals surface area contributed by atoms with Crippen LogP contribution in [0.15, 0.2) is 71.8 Å². The third-order valence-corrected chi connectivity index (χ3v) is 4.62. The summed E-state index contributed by atoms with van der Waals surface area (Å²) in [5, 5.41) is 26.6. The summed E-state index contributed by atoms with van der Waals surface area (Å²) in [5.41, 5.74) is 3.19. The Bertz CT molecular complexity index is 1220. The van der Waals surface area contributed by atoms with E-state index in [4.69, 9.17) is 16.3 Å². The smallest absolute Gasteiger partial charge is 0.301 e. The number of hydrogen-bond donors (Lipinski definition) is 1. The first-order valence-electron chi connectivity index (χ1n) is 10.0. The van der Waals surface area contributed by atoms with Gasteiger partial charge in [-0.25, -0.2) is 0 Å². The van der Waals surface area contributed by atoms with Gasteiger partial charge in [0.2, 0.25) is 6.41 Å². The van der Waals surface area contributed by atoms with Gasteiger partial charge in [-0.3, -0.25) is 30.4 Å². The predicted molar refractivity (Wildman–Crippen MR) is 133 cm³/mol. The van der Waals surface area contributed by atoms with Crippen LogP contribution in [0.1, 0.15) is 11.1 Å². The zero-order chi connectivity index (χ0) is 25.8. The fourth-order valence-electron chi connectivity index (χ4n) is 2.54. The summed E-state index contributed by atoms with van der Waals surface area (Å²) >= 11 is 6.14. The molecule has 3 aromatic carbocycles. The molecule has 0 bridgehead atoms. The van der Waals surface area contributed by atoms with Gasteiger partial charge in [0, 0.05) is 36.3 Å². The quantitative estimate of drug-likeness (QED) is 0.191. The van der Waals surface area contributed by atoms with Gasteiger partial charge >= 0.3 is 5.69 Å². The highest BCUT2D eigenvalue weighted by atomic mass is 35.5. The number of nitro benzene ring substituents is 2. The molecule has 0 heterocycles. The first-order chi connectivity index (χ1) is 16.7. The van der Waals surface area contributed by atoms with E-state index in [0.717, 1.165) is 24.1 Å². The molecule has 0 radical (unpaired) electrons. The Balaban J connectivity index is 0.000000784. The molecule has 0 spiro atoms. The number of carbonyl (C=O) groups excluding carboxylic acids is 1. The molecule has 12 heteroatoms. The van der Waals surface area contributed by atoms with Crippen molar-refractivity contribution in [1.82, 2.24) is 4.90 Å². The molecular weight excluding hydrogens is 478 g/mol. The highest BCUT2D eigenvalue weighted by Crippen LogP contribution is 2.29. The van der Waals surface area contributed by atoms with Crippen molar-refractivity contribution in [1.29, 1.82) is 0 Å². The van der Waals surface area contributed by atoms with Crippen LogP contribution in [0.4, 0.5) is 17.1 Å². The number of anilines is 1. The van der Waals surface area contributed by atoms with Gasteiger partial charge in [-0.15, -0.1) is 0 Å². The lowest BCUT2D eigenvalue weighted by Gasteiger charge is -2.10. The molecule has 0 aliphatic heterocycles. The Morgan fingerprint density at radius 1 is 1.03 bits per heavy atom. The van der Waals surface area contributed by atoms with Crippen LogP contribution in [0.2, 0.25) is 5.02 Å². The van der Waals surface area contributed by atoms with Crippen LogP contribution in [0.5, 0.6) is 5.75 Å². The molecular formula is C23H22ClN5O6. The Morgan fingerprint density at radius 2 is 1.69 bits per heavy atom.